The molecule has 0 saturated heterocycles. The van der Waals surface area contributed by atoms with Crippen molar-refractivity contribution in [3.63, 3.8) is 0 Å². The van der Waals surface area contributed by atoms with E-state index >= 15 is 0 Å². The maximum Gasteiger partial charge on any atom is 0.257 e. The van der Waals surface area contributed by atoms with Crippen molar-refractivity contribution in [2.24, 2.45) is 4.99 Å². The smallest absolute Gasteiger partial charge is 0.257 e. The van der Waals surface area contributed by atoms with E-state index in [4.69, 9.17) is 4.52 Å². The van der Waals surface area contributed by atoms with Crippen LogP contribution in [0.25, 0.3) is 11.5 Å². The van der Waals surface area contributed by atoms with E-state index in [1.165, 1.54) is 0 Å². The highest BCUT2D eigenvalue weighted by Gasteiger charge is 2.08. The minimum atomic E-state index is 0.556. The normalized spacial score (nSPS) is 11.3. The first kappa shape index (κ1) is 17.7. The van der Waals surface area contributed by atoms with Crippen LogP contribution in [0.15, 0.2) is 46.4 Å². The molecule has 0 radical (unpaired) electrons. The molecular formula is C18H25N5O. The van der Waals surface area contributed by atoms with E-state index in [2.05, 4.69) is 39.3 Å². The number of aromatic nitrogens is 2. The SMILES string of the molecule is C=CCNC(=NCc1cccc(-c2nc(CCC)no2)c1)NCC. The molecule has 2 N–H and O–H groups in total. The van der Waals surface area contributed by atoms with Gasteiger partial charge in [-0.05, 0) is 31.0 Å². The fraction of sp³-hybridized carbons (Fsp3) is 0.389. The maximum atomic E-state index is 5.34. The number of hydrogen-bond donors (Lipinski definition) is 2. The monoisotopic (exact) mass is 327 g/mol. The molecule has 0 aliphatic rings. The van der Waals surface area contributed by atoms with Gasteiger partial charge < -0.3 is 15.2 Å². The van der Waals surface area contributed by atoms with E-state index < -0.39 is 0 Å². The zero-order valence-corrected chi connectivity index (χ0v) is 14.4. The molecule has 2 rings (SSSR count). The van der Waals surface area contributed by atoms with Gasteiger partial charge in [-0.1, -0.05) is 30.3 Å². The summed E-state index contributed by atoms with van der Waals surface area (Å²) < 4.78 is 5.34. The molecular weight excluding hydrogens is 302 g/mol. The number of nitrogens with one attached hydrogen (secondary N) is 2. The molecule has 0 unspecified atom stereocenters. The molecule has 0 amide bonds. The molecule has 0 aliphatic carbocycles. The highest BCUT2D eigenvalue weighted by molar-refractivity contribution is 5.79. The molecule has 24 heavy (non-hydrogen) atoms. The van der Waals surface area contributed by atoms with Crippen molar-refractivity contribution in [2.75, 3.05) is 13.1 Å². The lowest BCUT2D eigenvalue weighted by atomic mass is 10.1. The van der Waals surface area contributed by atoms with Gasteiger partial charge in [0.25, 0.3) is 5.89 Å². The second kappa shape index (κ2) is 9.50. The van der Waals surface area contributed by atoms with Crippen molar-refractivity contribution in [2.45, 2.75) is 33.2 Å². The van der Waals surface area contributed by atoms with Crippen LogP contribution in [0.2, 0.25) is 0 Å². The molecule has 6 nitrogen and oxygen atoms in total. The first-order valence-electron chi connectivity index (χ1n) is 8.31. The van der Waals surface area contributed by atoms with Gasteiger partial charge >= 0.3 is 0 Å². The summed E-state index contributed by atoms with van der Waals surface area (Å²) in [6.07, 6.45) is 3.63. The third-order valence-electron chi connectivity index (χ3n) is 3.29. The summed E-state index contributed by atoms with van der Waals surface area (Å²) in [5, 5.41) is 10.4. The van der Waals surface area contributed by atoms with E-state index in [1.807, 2.05) is 31.2 Å². The van der Waals surface area contributed by atoms with Crippen molar-refractivity contribution in [1.82, 2.24) is 20.8 Å². The number of guanidine groups is 1. The van der Waals surface area contributed by atoms with Gasteiger partial charge in [0.1, 0.15) is 0 Å². The van der Waals surface area contributed by atoms with E-state index in [9.17, 15) is 0 Å². The highest BCUT2D eigenvalue weighted by Crippen LogP contribution is 2.19. The van der Waals surface area contributed by atoms with Gasteiger partial charge in [-0.3, -0.25) is 0 Å². The Labute approximate surface area is 143 Å². The van der Waals surface area contributed by atoms with Crippen molar-refractivity contribution in [3.05, 3.63) is 48.3 Å². The zero-order chi connectivity index (χ0) is 17.2. The Morgan fingerprint density at radius 2 is 2.21 bits per heavy atom. The highest BCUT2D eigenvalue weighted by atomic mass is 16.5. The number of hydrogen-bond acceptors (Lipinski definition) is 4. The lowest BCUT2D eigenvalue weighted by Crippen LogP contribution is -2.37. The first-order chi connectivity index (χ1) is 11.8. The Balaban J connectivity index is 2.09. The van der Waals surface area contributed by atoms with Crippen LogP contribution in [-0.2, 0) is 13.0 Å². The van der Waals surface area contributed by atoms with Crippen LogP contribution in [0.1, 0.15) is 31.7 Å². The fourth-order valence-corrected chi connectivity index (χ4v) is 2.18. The van der Waals surface area contributed by atoms with Crippen LogP contribution < -0.4 is 10.6 Å². The Bertz CT molecular complexity index is 678. The average Bonchev–Trinajstić information content (AvgIpc) is 3.07. The van der Waals surface area contributed by atoms with Gasteiger partial charge in [0, 0.05) is 25.1 Å². The molecule has 1 heterocycles. The topological polar surface area (TPSA) is 75.3 Å². The van der Waals surface area contributed by atoms with Gasteiger partial charge in [0.05, 0.1) is 6.54 Å². The largest absolute Gasteiger partial charge is 0.357 e. The van der Waals surface area contributed by atoms with Crippen LogP contribution in [0.3, 0.4) is 0 Å². The van der Waals surface area contributed by atoms with E-state index in [0.29, 0.717) is 19.0 Å². The van der Waals surface area contributed by atoms with Gasteiger partial charge in [0.2, 0.25) is 0 Å². The quantitative estimate of drug-likeness (QED) is 0.443. The summed E-state index contributed by atoms with van der Waals surface area (Å²) in [6, 6.07) is 8.02. The molecule has 6 heteroatoms. The third kappa shape index (κ3) is 5.22. The first-order valence-corrected chi connectivity index (χ1v) is 8.31. The van der Waals surface area contributed by atoms with Crippen molar-refractivity contribution >= 4 is 5.96 Å². The predicted molar refractivity (Wildman–Crippen MR) is 96.7 cm³/mol. The lowest BCUT2D eigenvalue weighted by molar-refractivity contribution is 0.422. The number of aryl methyl sites for hydroxylation is 1. The standard InChI is InChI=1S/C18H25N5O/c1-4-8-16-22-17(24-23-16)15-10-7-9-14(12-15)13-21-18(19-6-3)20-11-5-2/h5,7,9-10,12H,2,4,6,8,11,13H2,1,3H3,(H2,19,20,21). The minimum absolute atomic E-state index is 0.556. The molecule has 0 bridgehead atoms. The van der Waals surface area contributed by atoms with E-state index in [0.717, 1.165) is 42.3 Å². The molecule has 0 spiro atoms. The van der Waals surface area contributed by atoms with Crippen LogP contribution in [0.5, 0.6) is 0 Å². The molecule has 0 saturated carbocycles. The second-order valence-electron chi connectivity index (χ2n) is 5.33. The summed E-state index contributed by atoms with van der Waals surface area (Å²) in [7, 11) is 0. The maximum absolute atomic E-state index is 5.34. The van der Waals surface area contributed by atoms with Gasteiger partial charge in [0.15, 0.2) is 11.8 Å². The van der Waals surface area contributed by atoms with Crippen LogP contribution in [0, 0.1) is 0 Å². The molecule has 0 fully saturated rings. The summed E-state index contributed by atoms with van der Waals surface area (Å²) in [5.41, 5.74) is 2.00. The Morgan fingerprint density at radius 3 is 2.96 bits per heavy atom. The molecule has 128 valence electrons. The number of rotatable bonds is 8. The summed E-state index contributed by atoms with van der Waals surface area (Å²) in [5.74, 6) is 2.07. The molecule has 1 aromatic carbocycles. The van der Waals surface area contributed by atoms with Crippen LogP contribution in [-0.4, -0.2) is 29.2 Å². The van der Waals surface area contributed by atoms with E-state index in [-0.39, 0.29) is 0 Å². The summed E-state index contributed by atoms with van der Waals surface area (Å²) in [4.78, 5) is 9.00. The fourth-order valence-electron chi connectivity index (χ4n) is 2.18. The van der Waals surface area contributed by atoms with Crippen LogP contribution in [0.4, 0.5) is 0 Å². The second-order valence-corrected chi connectivity index (χ2v) is 5.33. The number of nitrogens with zero attached hydrogens (tertiary/aromatic N) is 3. The van der Waals surface area contributed by atoms with Crippen LogP contribution >= 0.6 is 0 Å². The number of benzene rings is 1. The van der Waals surface area contributed by atoms with Crippen molar-refractivity contribution in [3.8, 4) is 11.5 Å². The van der Waals surface area contributed by atoms with Gasteiger partial charge in [-0.2, -0.15) is 4.98 Å². The lowest BCUT2D eigenvalue weighted by Gasteiger charge is -2.09. The Hall–Kier alpha value is -2.63. The average molecular weight is 327 g/mol. The summed E-state index contributed by atoms with van der Waals surface area (Å²) >= 11 is 0. The molecule has 1 aromatic heterocycles. The zero-order valence-electron chi connectivity index (χ0n) is 14.4. The Morgan fingerprint density at radius 1 is 1.33 bits per heavy atom. The Kier molecular flexibility index (Phi) is 7.01. The third-order valence-corrected chi connectivity index (χ3v) is 3.29. The van der Waals surface area contributed by atoms with Crippen molar-refractivity contribution in [1.29, 1.82) is 0 Å². The minimum Gasteiger partial charge on any atom is -0.357 e. The predicted octanol–water partition coefficient (Wildman–Crippen LogP) is 2.93. The van der Waals surface area contributed by atoms with Gasteiger partial charge in [-0.15, -0.1) is 6.58 Å². The molecule has 2 aromatic rings. The molecule has 0 aliphatic heterocycles. The van der Waals surface area contributed by atoms with Crippen molar-refractivity contribution < 1.29 is 4.52 Å². The van der Waals surface area contributed by atoms with E-state index in [1.54, 1.807) is 6.08 Å². The molecule has 0 atom stereocenters. The number of aliphatic imine (C=N–C) groups is 1. The van der Waals surface area contributed by atoms with Gasteiger partial charge in [-0.25, -0.2) is 4.99 Å². The summed E-state index contributed by atoms with van der Waals surface area (Å²) in [6.45, 7) is 9.89.